The minimum Gasteiger partial charge on any atom is -0.379 e. The quantitative estimate of drug-likeness (QED) is 0.619. The monoisotopic (exact) mass is 455 g/mol. The lowest BCUT2D eigenvalue weighted by molar-refractivity contribution is 0.0383. The van der Waals surface area contributed by atoms with E-state index in [1.165, 1.54) is 12.1 Å². The van der Waals surface area contributed by atoms with Gasteiger partial charge in [-0.25, -0.2) is 13.3 Å². The van der Waals surface area contributed by atoms with Crippen molar-refractivity contribution in [1.82, 2.24) is 19.8 Å². The molecule has 1 atom stereocenters. The summed E-state index contributed by atoms with van der Waals surface area (Å²) < 4.78 is 35.3. The van der Waals surface area contributed by atoms with Gasteiger partial charge in [-0.1, -0.05) is 0 Å². The van der Waals surface area contributed by atoms with Crippen molar-refractivity contribution in [2.24, 2.45) is 0 Å². The summed E-state index contributed by atoms with van der Waals surface area (Å²) in [5, 5.41) is 7.29. The molecule has 2 saturated heterocycles. The molecular formula is C24H27F2N5O2. The first-order valence-electron chi connectivity index (χ1n) is 11.4. The van der Waals surface area contributed by atoms with Crippen molar-refractivity contribution in [2.75, 3.05) is 50.8 Å². The molecule has 1 N–H and O–H groups in total. The van der Waals surface area contributed by atoms with Crippen LogP contribution in [-0.4, -0.2) is 66.4 Å². The fraction of sp³-hybridized carbons (Fsp3) is 0.417. The molecule has 0 aliphatic carbocycles. The molecule has 1 aromatic carbocycles. The summed E-state index contributed by atoms with van der Waals surface area (Å²) >= 11 is 0. The Bertz CT molecular complexity index is 1150. The summed E-state index contributed by atoms with van der Waals surface area (Å²) in [6.07, 6.45) is 4.98. The fourth-order valence-corrected chi connectivity index (χ4v) is 4.74. The number of carbonyl (C=O) groups is 1. The van der Waals surface area contributed by atoms with Gasteiger partial charge in [0.2, 0.25) is 0 Å². The van der Waals surface area contributed by atoms with E-state index in [2.05, 4.69) is 20.2 Å². The Hall–Kier alpha value is -3.04. The largest absolute Gasteiger partial charge is 0.379 e. The standard InChI is InChI=1S/C24H27F2N5O2/c25-17-3-4-21(26)19(14-17)22-2-1-7-30(22)18-5-8-31-23(15-18)20(16-28-31)24(32)27-6-9-29-10-12-33-13-11-29/h3-5,8,14-16,22H,1-2,6-7,9-13H2,(H,27,32). The molecule has 5 rings (SSSR count). The molecule has 4 heterocycles. The summed E-state index contributed by atoms with van der Waals surface area (Å²) in [5.74, 6) is -1.02. The summed E-state index contributed by atoms with van der Waals surface area (Å²) in [7, 11) is 0. The number of rotatable bonds is 6. The first-order chi connectivity index (χ1) is 16.1. The average molecular weight is 456 g/mol. The minimum atomic E-state index is -0.444. The Morgan fingerprint density at radius 2 is 2.00 bits per heavy atom. The van der Waals surface area contributed by atoms with E-state index in [9.17, 15) is 13.6 Å². The normalized spacial score (nSPS) is 19.3. The van der Waals surface area contributed by atoms with Gasteiger partial charge in [-0.05, 0) is 43.2 Å². The maximum atomic E-state index is 14.5. The zero-order valence-electron chi connectivity index (χ0n) is 18.3. The Labute approximate surface area is 190 Å². The Balaban J connectivity index is 1.34. The molecule has 1 amide bonds. The number of nitrogens with zero attached hydrogens (tertiary/aromatic N) is 4. The van der Waals surface area contributed by atoms with Crippen molar-refractivity contribution in [2.45, 2.75) is 18.9 Å². The van der Waals surface area contributed by atoms with Crippen molar-refractivity contribution < 1.29 is 18.3 Å². The van der Waals surface area contributed by atoms with Gasteiger partial charge in [0.1, 0.15) is 11.6 Å². The number of fused-ring (bicyclic) bond motifs is 1. The molecule has 0 spiro atoms. The smallest absolute Gasteiger partial charge is 0.255 e. The fourth-order valence-electron chi connectivity index (χ4n) is 4.74. The summed E-state index contributed by atoms with van der Waals surface area (Å²) in [6, 6.07) is 7.15. The maximum Gasteiger partial charge on any atom is 0.255 e. The van der Waals surface area contributed by atoms with Gasteiger partial charge in [0.05, 0.1) is 36.5 Å². The number of morpholine rings is 1. The molecule has 0 saturated carbocycles. The van der Waals surface area contributed by atoms with E-state index in [1.54, 1.807) is 16.9 Å². The van der Waals surface area contributed by atoms with Crippen molar-refractivity contribution in [3.8, 4) is 0 Å². The van der Waals surface area contributed by atoms with Gasteiger partial charge in [0, 0.05) is 50.2 Å². The number of hydrogen-bond acceptors (Lipinski definition) is 5. The van der Waals surface area contributed by atoms with Crippen LogP contribution in [0.3, 0.4) is 0 Å². The molecule has 3 aromatic rings. The third-order valence-corrected chi connectivity index (χ3v) is 6.47. The third-order valence-electron chi connectivity index (χ3n) is 6.47. The van der Waals surface area contributed by atoms with Crippen molar-refractivity contribution >= 4 is 17.1 Å². The lowest BCUT2D eigenvalue weighted by atomic mass is 10.0. The van der Waals surface area contributed by atoms with Crippen LogP contribution in [0, 0.1) is 11.6 Å². The van der Waals surface area contributed by atoms with E-state index in [-0.39, 0.29) is 11.9 Å². The zero-order chi connectivity index (χ0) is 22.8. The molecule has 0 radical (unpaired) electrons. The van der Waals surface area contributed by atoms with E-state index in [4.69, 9.17) is 4.74 Å². The van der Waals surface area contributed by atoms with Gasteiger partial charge in [-0.2, -0.15) is 5.10 Å². The van der Waals surface area contributed by atoms with Crippen molar-refractivity contribution in [3.63, 3.8) is 0 Å². The second-order valence-electron chi connectivity index (χ2n) is 8.50. The number of amides is 1. The number of aromatic nitrogens is 2. The molecule has 2 fully saturated rings. The molecule has 0 bridgehead atoms. The topological polar surface area (TPSA) is 62.1 Å². The average Bonchev–Trinajstić information content (AvgIpc) is 3.48. The molecule has 7 nitrogen and oxygen atoms in total. The molecule has 33 heavy (non-hydrogen) atoms. The van der Waals surface area contributed by atoms with Crippen LogP contribution in [0.15, 0.2) is 42.7 Å². The summed E-state index contributed by atoms with van der Waals surface area (Å²) in [5.41, 5.74) is 2.40. The van der Waals surface area contributed by atoms with E-state index < -0.39 is 11.6 Å². The summed E-state index contributed by atoms with van der Waals surface area (Å²) in [6.45, 7) is 5.24. The number of anilines is 1. The van der Waals surface area contributed by atoms with Crippen LogP contribution in [0.1, 0.15) is 34.8 Å². The Morgan fingerprint density at radius 3 is 2.85 bits per heavy atom. The van der Waals surface area contributed by atoms with Crippen LogP contribution < -0.4 is 10.2 Å². The van der Waals surface area contributed by atoms with E-state index in [0.29, 0.717) is 23.2 Å². The predicted molar refractivity (Wildman–Crippen MR) is 120 cm³/mol. The highest BCUT2D eigenvalue weighted by atomic mass is 19.1. The van der Waals surface area contributed by atoms with Crippen LogP contribution in [-0.2, 0) is 4.74 Å². The van der Waals surface area contributed by atoms with Crippen LogP contribution in [0.5, 0.6) is 0 Å². The Kier molecular flexibility index (Phi) is 6.24. The number of pyridine rings is 1. The molecule has 2 aliphatic heterocycles. The molecule has 9 heteroatoms. The lowest BCUT2D eigenvalue weighted by Crippen LogP contribution is -2.41. The van der Waals surface area contributed by atoms with E-state index in [0.717, 1.165) is 64.0 Å². The van der Waals surface area contributed by atoms with Crippen LogP contribution in [0.2, 0.25) is 0 Å². The number of hydrogen-bond donors (Lipinski definition) is 1. The second kappa shape index (κ2) is 9.44. The number of halogens is 2. The first-order valence-corrected chi connectivity index (χ1v) is 11.4. The zero-order valence-corrected chi connectivity index (χ0v) is 18.3. The van der Waals surface area contributed by atoms with E-state index >= 15 is 0 Å². The Morgan fingerprint density at radius 1 is 1.15 bits per heavy atom. The highest BCUT2D eigenvalue weighted by molar-refractivity contribution is 6.01. The maximum absolute atomic E-state index is 14.5. The van der Waals surface area contributed by atoms with Crippen LogP contribution in [0.4, 0.5) is 14.5 Å². The number of benzene rings is 1. The number of ether oxygens (including phenoxy) is 1. The first kappa shape index (κ1) is 21.8. The van der Waals surface area contributed by atoms with Gasteiger partial charge in [-0.3, -0.25) is 9.69 Å². The molecule has 2 aromatic heterocycles. The lowest BCUT2D eigenvalue weighted by Gasteiger charge is -2.27. The highest BCUT2D eigenvalue weighted by Gasteiger charge is 2.29. The van der Waals surface area contributed by atoms with Gasteiger partial charge in [-0.15, -0.1) is 0 Å². The predicted octanol–water partition coefficient (Wildman–Crippen LogP) is 3.02. The van der Waals surface area contributed by atoms with Crippen LogP contribution in [0.25, 0.3) is 5.52 Å². The van der Waals surface area contributed by atoms with Crippen LogP contribution >= 0.6 is 0 Å². The minimum absolute atomic E-state index is 0.176. The van der Waals surface area contributed by atoms with E-state index in [1.807, 2.05) is 12.1 Å². The molecule has 1 unspecified atom stereocenters. The molecule has 2 aliphatic rings. The van der Waals surface area contributed by atoms with Gasteiger partial charge in [0.25, 0.3) is 5.91 Å². The SMILES string of the molecule is O=C(NCCN1CCOCC1)c1cnn2ccc(N3CCCC3c3cc(F)ccc3F)cc12. The van der Waals surface area contributed by atoms with Crippen molar-refractivity contribution in [1.29, 1.82) is 0 Å². The third kappa shape index (κ3) is 4.56. The van der Waals surface area contributed by atoms with Gasteiger partial charge in [0.15, 0.2) is 0 Å². The number of carbonyl (C=O) groups excluding carboxylic acids is 1. The van der Waals surface area contributed by atoms with Gasteiger partial charge >= 0.3 is 0 Å². The second-order valence-corrected chi connectivity index (χ2v) is 8.50. The van der Waals surface area contributed by atoms with Crippen molar-refractivity contribution in [3.05, 3.63) is 65.5 Å². The molecule has 174 valence electrons. The summed E-state index contributed by atoms with van der Waals surface area (Å²) in [4.78, 5) is 17.2. The highest BCUT2D eigenvalue weighted by Crippen LogP contribution is 2.38. The number of nitrogens with one attached hydrogen (secondary N) is 1. The van der Waals surface area contributed by atoms with Gasteiger partial charge < -0.3 is 15.0 Å². The molecular weight excluding hydrogens is 428 g/mol.